The normalized spacial score (nSPS) is 10.7. The molecule has 0 saturated carbocycles. The second-order valence-corrected chi connectivity index (χ2v) is 5.90. The Morgan fingerprint density at radius 1 is 1.04 bits per heavy atom. The van der Waals surface area contributed by atoms with Gasteiger partial charge in [-0.05, 0) is 36.3 Å². The Morgan fingerprint density at radius 2 is 1.70 bits per heavy atom. The molecule has 2 rings (SSSR count). The number of pyridine rings is 1. The molecule has 0 bridgehead atoms. The molecule has 1 aromatic heterocycles. The molecule has 0 unspecified atom stereocenters. The van der Waals surface area contributed by atoms with Gasteiger partial charge in [0.05, 0.1) is 0 Å². The van der Waals surface area contributed by atoms with Crippen LogP contribution in [-0.2, 0) is 17.8 Å². The second kappa shape index (κ2) is 9.09. The number of aromatic nitrogens is 1. The quantitative estimate of drug-likeness (QED) is 0.746. The maximum atomic E-state index is 12.0. The van der Waals surface area contributed by atoms with Crippen LogP contribution in [0.25, 0.3) is 0 Å². The first kappa shape index (κ1) is 17.2. The van der Waals surface area contributed by atoms with Crippen molar-refractivity contribution in [2.45, 2.75) is 45.6 Å². The number of hydrogen-bond acceptors (Lipinski definition) is 1. The highest BCUT2D eigenvalue weighted by Crippen LogP contribution is 2.21. The summed E-state index contributed by atoms with van der Waals surface area (Å²) >= 11 is 0. The van der Waals surface area contributed by atoms with Crippen LogP contribution in [0, 0.1) is 0 Å². The topological polar surface area (TPSA) is 33.0 Å². The number of rotatable bonds is 8. The molecule has 3 heteroatoms. The molecular weight excluding hydrogens is 284 g/mol. The minimum absolute atomic E-state index is 0.0567. The van der Waals surface area contributed by atoms with Crippen LogP contribution in [0.4, 0.5) is 0 Å². The number of carbonyl (C=O) groups excluding carboxylic acids is 1. The van der Waals surface area contributed by atoms with E-state index in [0.717, 1.165) is 19.3 Å². The molecule has 0 spiro atoms. The molecule has 0 aliphatic heterocycles. The van der Waals surface area contributed by atoms with E-state index in [9.17, 15) is 4.79 Å². The van der Waals surface area contributed by atoms with Crippen LogP contribution in [0.5, 0.6) is 0 Å². The smallest absolute Gasteiger partial charge is 0.285 e. The Bertz CT molecular complexity index is 589. The number of amides is 1. The SMILES string of the molecule is CCC(CC)c1cc[n+](CC(=O)NCCc2ccccc2)cc1. The van der Waals surface area contributed by atoms with Gasteiger partial charge in [-0.25, -0.2) is 0 Å². The largest absolute Gasteiger partial charge is 0.350 e. The lowest BCUT2D eigenvalue weighted by molar-refractivity contribution is -0.684. The molecule has 0 radical (unpaired) electrons. The van der Waals surface area contributed by atoms with Crippen molar-refractivity contribution in [1.29, 1.82) is 0 Å². The second-order valence-electron chi connectivity index (χ2n) is 5.90. The molecule has 0 atom stereocenters. The van der Waals surface area contributed by atoms with Crippen LogP contribution in [-0.4, -0.2) is 12.5 Å². The molecule has 0 saturated heterocycles. The Morgan fingerprint density at radius 3 is 2.30 bits per heavy atom. The van der Waals surface area contributed by atoms with Crippen molar-refractivity contribution >= 4 is 5.91 Å². The number of nitrogens with zero attached hydrogens (tertiary/aromatic N) is 1. The maximum Gasteiger partial charge on any atom is 0.285 e. The van der Waals surface area contributed by atoms with Gasteiger partial charge in [0.15, 0.2) is 12.4 Å². The first-order valence-electron chi connectivity index (χ1n) is 8.52. The molecule has 0 aliphatic rings. The maximum absolute atomic E-state index is 12.0. The molecule has 1 N–H and O–H groups in total. The highest BCUT2D eigenvalue weighted by molar-refractivity contribution is 5.74. The van der Waals surface area contributed by atoms with Crippen LogP contribution in [0.1, 0.15) is 43.7 Å². The van der Waals surface area contributed by atoms with Crippen molar-refractivity contribution < 1.29 is 9.36 Å². The van der Waals surface area contributed by atoms with Crippen LogP contribution in [0.2, 0.25) is 0 Å². The summed E-state index contributed by atoms with van der Waals surface area (Å²) in [4.78, 5) is 12.0. The summed E-state index contributed by atoms with van der Waals surface area (Å²) in [7, 11) is 0. The highest BCUT2D eigenvalue weighted by Gasteiger charge is 2.11. The van der Waals surface area contributed by atoms with Gasteiger partial charge in [0.25, 0.3) is 5.91 Å². The fraction of sp³-hybridized carbons (Fsp3) is 0.400. The summed E-state index contributed by atoms with van der Waals surface area (Å²) in [5.74, 6) is 0.672. The van der Waals surface area contributed by atoms with Crippen LogP contribution in [0.3, 0.4) is 0 Å². The molecule has 1 heterocycles. The Labute approximate surface area is 139 Å². The molecule has 122 valence electrons. The van der Waals surface area contributed by atoms with Gasteiger partial charge in [0, 0.05) is 18.7 Å². The Hall–Kier alpha value is -2.16. The molecule has 23 heavy (non-hydrogen) atoms. The molecule has 0 aliphatic carbocycles. The van der Waals surface area contributed by atoms with Gasteiger partial charge in [-0.2, -0.15) is 4.57 Å². The minimum atomic E-state index is 0.0567. The Balaban J connectivity index is 1.78. The zero-order chi connectivity index (χ0) is 16.5. The summed E-state index contributed by atoms with van der Waals surface area (Å²) in [6.45, 7) is 5.48. The number of carbonyl (C=O) groups is 1. The average Bonchev–Trinajstić information content (AvgIpc) is 2.58. The lowest BCUT2D eigenvalue weighted by Gasteiger charge is -2.11. The van der Waals surface area contributed by atoms with E-state index in [1.54, 1.807) is 0 Å². The first-order valence-corrected chi connectivity index (χ1v) is 8.52. The van der Waals surface area contributed by atoms with Gasteiger partial charge in [-0.15, -0.1) is 0 Å². The van der Waals surface area contributed by atoms with Crippen molar-refractivity contribution in [3.05, 3.63) is 66.0 Å². The van der Waals surface area contributed by atoms with Crippen LogP contribution >= 0.6 is 0 Å². The lowest BCUT2D eigenvalue weighted by Crippen LogP contribution is -2.42. The Kier molecular flexibility index (Phi) is 6.79. The van der Waals surface area contributed by atoms with Crippen molar-refractivity contribution in [3.63, 3.8) is 0 Å². The van der Waals surface area contributed by atoms with Gasteiger partial charge < -0.3 is 5.32 Å². The average molecular weight is 311 g/mol. The van der Waals surface area contributed by atoms with E-state index in [1.165, 1.54) is 11.1 Å². The van der Waals surface area contributed by atoms with E-state index in [4.69, 9.17) is 0 Å². The first-order chi connectivity index (χ1) is 11.2. The van der Waals surface area contributed by atoms with E-state index >= 15 is 0 Å². The molecule has 1 amide bonds. The third-order valence-corrected chi connectivity index (χ3v) is 4.28. The standard InChI is InChI=1S/C20H26N2O/c1-3-18(4-2)19-11-14-22(15-12-19)16-20(23)21-13-10-17-8-6-5-7-9-17/h5-9,11-12,14-15,18H,3-4,10,13,16H2,1-2H3/p+1. The molecule has 3 nitrogen and oxygen atoms in total. The van der Waals surface area contributed by atoms with E-state index in [1.807, 2.05) is 35.2 Å². The fourth-order valence-corrected chi connectivity index (χ4v) is 2.82. The number of hydrogen-bond donors (Lipinski definition) is 1. The van der Waals surface area contributed by atoms with Crippen molar-refractivity contribution in [3.8, 4) is 0 Å². The molecule has 1 aromatic carbocycles. The van der Waals surface area contributed by atoms with Crippen molar-refractivity contribution in [1.82, 2.24) is 5.32 Å². The van der Waals surface area contributed by atoms with E-state index in [2.05, 4.69) is 43.4 Å². The fourth-order valence-electron chi connectivity index (χ4n) is 2.82. The predicted molar refractivity (Wildman–Crippen MR) is 93.1 cm³/mol. The molecular formula is C20H27N2O+. The van der Waals surface area contributed by atoms with Gasteiger partial charge >= 0.3 is 0 Å². The zero-order valence-electron chi connectivity index (χ0n) is 14.2. The van der Waals surface area contributed by atoms with Crippen molar-refractivity contribution in [2.75, 3.05) is 6.54 Å². The van der Waals surface area contributed by atoms with E-state index < -0.39 is 0 Å². The van der Waals surface area contributed by atoms with E-state index in [-0.39, 0.29) is 5.91 Å². The van der Waals surface area contributed by atoms with Crippen LogP contribution in [0.15, 0.2) is 54.9 Å². The van der Waals surface area contributed by atoms with Gasteiger partial charge in [0.2, 0.25) is 6.54 Å². The molecule has 2 aromatic rings. The summed E-state index contributed by atoms with van der Waals surface area (Å²) in [6.07, 6.45) is 7.18. The summed E-state index contributed by atoms with van der Waals surface area (Å²) < 4.78 is 1.93. The van der Waals surface area contributed by atoms with Gasteiger partial charge in [-0.3, -0.25) is 4.79 Å². The summed E-state index contributed by atoms with van der Waals surface area (Å²) in [5, 5.41) is 2.98. The van der Waals surface area contributed by atoms with E-state index in [0.29, 0.717) is 19.0 Å². The molecule has 0 fully saturated rings. The summed E-state index contributed by atoms with van der Waals surface area (Å²) in [6, 6.07) is 14.5. The monoisotopic (exact) mass is 311 g/mol. The van der Waals surface area contributed by atoms with Crippen molar-refractivity contribution in [2.24, 2.45) is 0 Å². The third kappa shape index (κ3) is 5.51. The van der Waals surface area contributed by atoms with Gasteiger partial charge in [-0.1, -0.05) is 44.2 Å². The van der Waals surface area contributed by atoms with Crippen LogP contribution < -0.4 is 9.88 Å². The number of benzene rings is 1. The number of nitrogens with one attached hydrogen (secondary N) is 1. The highest BCUT2D eigenvalue weighted by atomic mass is 16.1. The zero-order valence-corrected chi connectivity index (χ0v) is 14.2. The minimum Gasteiger partial charge on any atom is -0.350 e. The predicted octanol–water partition coefficient (Wildman–Crippen LogP) is 3.24. The summed E-state index contributed by atoms with van der Waals surface area (Å²) in [5.41, 5.74) is 2.60. The van der Waals surface area contributed by atoms with Gasteiger partial charge in [0.1, 0.15) is 0 Å². The third-order valence-electron chi connectivity index (χ3n) is 4.28. The lowest BCUT2D eigenvalue weighted by atomic mass is 9.95.